The molecule has 0 aliphatic carbocycles. The van der Waals surface area contributed by atoms with Crippen molar-refractivity contribution in [2.75, 3.05) is 12.0 Å². The zero-order valence-corrected chi connectivity index (χ0v) is 10.7. The lowest BCUT2D eigenvalue weighted by molar-refractivity contribution is 0.322. The van der Waals surface area contributed by atoms with Gasteiger partial charge in [0.15, 0.2) is 11.6 Å². The van der Waals surface area contributed by atoms with Gasteiger partial charge >= 0.3 is 0 Å². The fourth-order valence-corrected chi connectivity index (χ4v) is 1.94. The molecule has 0 atom stereocenters. The van der Waals surface area contributed by atoms with Gasteiger partial charge in [0, 0.05) is 17.1 Å². The lowest BCUT2D eigenvalue weighted by Gasteiger charge is -2.13. The number of fused-ring (bicyclic) bond motifs is 1. The molecule has 96 valence electrons. The first-order valence-electron chi connectivity index (χ1n) is 5.78. The molecular formula is C13H16FN3O. The number of rotatable bonds is 3. The van der Waals surface area contributed by atoms with Crippen LogP contribution >= 0.6 is 0 Å². The second-order valence-electron chi connectivity index (χ2n) is 4.07. The van der Waals surface area contributed by atoms with E-state index in [4.69, 9.17) is 10.6 Å². The molecule has 0 fully saturated rings. The second kappa shape index (κ2) is 4.78. The number of aromatic nitrogens is 1. The van der Waals surface area contributed by atoms with Gasteiger partial charge < -0.3 is 10.2 Å². The van der Waals surface area contributed by atoms with Gasteiger partial charge in [-0.1, -0.05) is 0 Å². The number of halogens is 1. The van der Waals surface area contributed by atoms with Crippen LogP contribution in [0.15, 0.2) is 12.1 Å². The molecule has 1 aromatic carbocycles. The fraction of sp³-hybridized carbons (Fsp3) is 0.308. The fourth-order valence-electron chi connectivity index (χ4n) is 1.94. The summed E-state index contributed by atoms with van der Waals surface area (Å²) in [6, 6.07) is 3.00. The SMILES string of the molecule is CCOc1cc2c(NN)c(C)c(C)nc2cc1F. The number of pyridine rings is 1. The van der Waals surface area contributed by atoms with E-state index >= 15 is 0 Å². The van der Waals surface area contributed by atoms with Crippen molar-refractivity contribution >= 4 is 16.6 Å². The molecule has 3 N–H and O–H groups in total. The molecule has 1 heterocycles. The highest BCUT2D eigenvalue weighted by Gasteiger charge is 2.13. The third-order valence-corrected chi connectivity index (χ3v) is 2.97. The minimum absolute atomic E-state index is 0.214. The third kappa shape index (κ3) is 1.97. The smallest absolute Gasteiger partial charge is 0.167 e. The van der Waals surface area contributed by atoms with Crippen LogP contribution in [0.25, 0.3) is 10.9 Å². The summed E-state index contributed by atoms with van der Waals surface area (Å²) in [5, 5.41) is 0.755. The van der Waals surface area contributed by atoms with Crippen LogP contribution in [0.1, 0.15) is 18.2 Å². The highest BCUT2D eigenvalue weighted by Crippen LogP contribution is 2.31. The number of nitrogens with one attached hydrogen (secondary N) is 1. The van der Waals surface area contributed by atoms with Crippen LogP contribution in [-0.2, 0) is 0 Å². The van der Waals surface area contributed by atoms with Crippen LogP contribution in [0.2, 0.25) is 0 Å². The monoisotopic (exact) mass is 249 g/mol. The van der Waals surface area contributed by atoms with Gasteiger partial charge in [0.1, 0.15) is 0 Å². The molecular weight excluding hydrogens is 233 g/mol. The van der Waals surface area contributed by atoms with Gasteiger partial charge in [-0.25, -0.2) is 4.39 Å². The first kappa shape index (κ1) is 12.6. The summed E-state index contributed by atoms with van der Waals surface area (Å²) >= 11 is 0. The van der Waals surface area contributed by atoms with E-state index in [9.17, 15) is 4.39 Å². The Labute approximate surface area is 105 Å². The van der Waals surface area contributed by atoms with E-state index in [0.29, 0.717) is 12.1 Å². The number of nitrogens with two attached hydrogens (primary N) is 1. The zero-order valence-electron chi connectivity index (χ0n) is 10.7. The summed E-state index contributed by atoms with van der Waals surface area (Å²) in [7, 11) is 0. The number of nitrogens with zero attached hydrogens (tertiary/aromatic N) is 1. The number of hydrazine groups is 1. The van der Waals surface area contributed by atoms with Crippen LogP contribution in [0, 0.1) is 19.7 Å². The molecule has 0 aliphatic heterocycles. The topological polar surface area (TPSA) is 60.2 Å². The summed E-state index contributed by atoms with van der Waals surface area (Å²) in [6.45, 7) is 6.00. The first-order chi connectivity index (χ1) is 8.58. The van der Waals surface area contributed by atoms with Crippen molar-refractivity contribution in [1.29, 1.82) is 0 Å². The molecule has 2 rings (SSSR count). The summed E-state index contributed by atoms with van der Waals surface area (Å²) in [4.78, 5) is 4.35. The predicted molar refractivity (Wildman–Crippen MR) is 70.2 cm³/mol. The molecule has 0 amide bonds. The number of nitrogen functional groups attached to an aromatic ring is 1. The average Bonchev–Trinajstić information content (AvgIpc) is 2.33. The van der Waals surface area contributed by atoms with E-state index in [1.54, 1.807) is 6.07 Å². The highest BCUT2D eigenvalue weighted by atomic mass is 19.1. The maximum Gasteiger partial charge on any atom is 0.167 e. The average molecular weight is 249 g/mol. The normalized spacial score (nSPS) is 10.7. The molecule has 2 aromatic rings. The molecule has 0 bridgehead atoms. The number of aryl methyl sites for hydroxylation is 1. The highest BCUT2D eigenvalue weighted by molar-refractivity contribution is 5.94. The Morgan fingerprint density at radius 1 is 1.39 bits per heavy atom. The number of hydrogen-bond donors (Lipinski definition) is 2. The Balaban J connectivity index is 2.77. The van der Waals surface area contributed by atoms with Crippen LogP contribution in [0.5, 0.6) is 5.75 Å². The molecule has 4 nitrogen and oxygen atoms in total. The molecule has 0 unspecified atom stereocenters. The van der Waals surface area contributed by atoms with Crippen LogP contribution in [0.3, 0.4) is 0 Å². The summed E-state index contributed by atoms with van der Waals surface area (Å²) in [6.07, 6.45) is 0. The summed E-state index contributed by atoms with van der Waals surface area (Å²) < 4.78 is 19.0. The molecule has 0 saturated carbocycles. The molecule has 18 heavy (non-hydrogen) atoms. The first-order valence-corrected chi connectivity index (χ1v) is 5.78. The third-order valence-electron chi connectivity index (χ3n) is 2.97. The van der Waals surface area contributed by atoms with Gasteiger partial charge in [-0.2, -0.15) is 0 Å². The molecule has 1 aromatic heterocycles. The van der Waals surface area contributed by atoms with E-state index in [1.807, 2.05) is 20.8 Å². The van der Waals surface area contributed by atoms with E-state index in [0.717, 1.165) is 22.3 Å². The standard InChI is InChI=1S/C13H16FN3O/c1-4-18-12-5-9-11(6-10(12)14)16-8(3)7(2)13(9)17-15/h5-6H,4,15H2,1-3H3,(H,16,17). The minimum atomic E-state index is -0.414. The van der Waals surface area contributed by atoms with Crippen molar-refractivity contribution in [2.45, 2.75) is 20.8 Å². The number of ether oxygens (including phenoxy) is 1. The van der Waals surface area contributed by atoms with Crippen molar-refractivity contribution < 1.29 is 9.13 Å². The summed E-state index contributed by atoms with van der Waals surface area (Å²) in [5.41, 5.74) is 5.72. The number of anilines is 1. The number of benzene rings is 1. The van der Waals surface area contributed by atoms with E-state index in [2.05, 4.69) is 10.4 Å². The van der Waals surface area contributed by atoms with Crippen LogP contribution in [0.4, 0.5) is 10.1 Å². The Bertz CT molecular complexity index is 599. The van der Waals surface area contributed by atoms with Gasteiger partial charge in [-0.3, -0.25) is 10.8 Å². The van der Waals surface area contributed by atoms with Gasteiger partial charge in [0.2, 0.25) is 0 Å². The summed E-state index contributed by atoms with van der Waals surface area (Å²) in [5.74, 6) is 5.34. The van der Waals surface area contributed by atoms with E-state index < -0.39 is 5.82 Å². The Kier molecular flexibility index (Phi) is 3.34. The Morgan fingerprint density at radius 2 is 2.11 bits per heavy atom. The van der Waals surface area contributed by atoms with Gasteiger partial charge in [-0.05, 0) is 32.4 Å². The molecule has 0 spiro atoms. The van der Waals surface area contributed by atoms with E-state index in [1.165, 1.54) is 6.07 Å². The lowest BCUT2D eigenvalue weighted by atomic mass is 10.1. The Morgan fingerprint density at radius 3 is 2.72 bits per heavy atom. The van der Waals surface area contributed by atoms with Gasteiger partial charge in [-0.15, -0.1) is 0 Å². The molecule has 0 aliphatic rings. The maximum absolute atomic E-state index is 13.8. The van der Waals surface area contributed by atoms with Crippen molar-refractivity contribution in [3.05, 3.63) is 29.2 Å². The van der Waals surface area contributed by atoms with Gasteiger partial charge in [0.25, 0.3) is 0 Å². The zero-order chi connectivity index (χ0) is 13.3. The lowest BCUT2D eigenvalue weighted by Crippen LogP contribution is -2.10. The number of hydrogen-bond acceptors (Lipinski definition) is 4. The maximum atomic E-state index is 13.8. The molecule has 0 radical (unpaired) electrons. The van der Waals surface area contributed by atoms with E-state index in [-0.39, 0.29) is 5.75 Å². The van der Waals surface area contributed by atoms with Crippen LogP contribution < -0.4 is 16.0 Å². The van der Waals surface area contributed by atoms with Crippen molar-refractivity contribution in [3.63, 3.8) is 0 Å². The molecule has 5 heteroatoms. The van der Waals surface area contributed by atoms with Gasteiger partial charge in [0.05, 0.1) is 17.8 Å². The quantitative estimate of drug-likeness (QED) is 0.648. The minimum Gasteiger partial charge on any atom is -0.491 e. The predicted octanol–water partition coefficient (Wildman–Crippen LogP) is 2.68. The van der Waals surface area contributed by atoms with Crippen molar-refractivity contribution in [2.24, 2.45) is 5.84 Å². The molecule has 0 saturated heterocycles. The largest absolute Gasteiger partial charge is 0.491 e. The Hall–Kier alpha value is -1.88. The van der Waals surface area contributed by atoms with Crippen molar-refractivity contribution in [3.8, 4) is 5.75 Å². The van der Waals surface area contributed by atoms with Crippen LogP contribution in [-0.4, -0.2) is 11.6 Å². The second-order valence-corrected chi connectivity index (χ2v) is 4.07. The van der Waals surface area contributed by atoms with Crippen molar-refractivity contribution in [1.82, 2.24) is 4.98 Å².